The molecular formula is C14H20BFO2. The second-order valence-electron chi connectivity index (χ2n) is 5.78. The summed E-state index contributed by atoms with van der Waals surface area (Å²) in [6, 6.07) is 4.77. The summed E-state index contributed by atoms with van der Waals surface area (Å²) in [5.74, 6) is -0.216. The molecule has 0 radical (unpaired) electrons. The van der Waals surface area contributed by atoms with E-state index in [9.17, 15) is 4.39 Å². The molecule has 2 rings (SSSR count). The van der Waals surface area contributed by atoms with E-state index in [2.05, 4.69) is 0 Å². The highest BCUT2D eigenvalue weighted by atomic mass is 19.1. The lowest BCUT2D eigenvalue weighted by atomic mass is 9.75. The molecule has 1 heterocycles. The molecule has 0 bridgehead atoms. The summed E-state index contributed by atoms with van der Waals surface area (Å²) in [5.41, 5.74) is 1.14. The van der Waals surface area contributed by atoms with Crippen molar-refractivity contribution in [3.63, 3.8) is 0 Å². The maximum Gasteiger partial charge on any atom is 0.495 e. The first-order valence-electron chi connectivity index (χ1n) is 6.41. The average Bonchev–Trinajstić information content (AvgIpc) is 2.47. The predicted molar refractivity (Wildman–Crippen MR) is 71.5 cm³/mol. The third kappa shape index (κ3) is 2.19. The summed E-state index contributed by atoms with van der Waals surface area (Å²) in [6.07, 6.45) is 0.761. The van der Waals surface area contributed by atoms with Crippen LogP contribution in [0.2, 0.25) is 0 Å². The van der Waals surface area contributed by atoms with Gasteiger partial charge in [0.25, 0.3) is 0 Å². The molecule has 1 saturated heterocycles. The van der Waals surface area contributed by atoms with E-state index in [0.29, 0.717) is 0 Å². The van der Waals surface area contributed by atoms with Crippen molar-refractivity contribution < 1.29 is 13.7 Å². The molecule has 98 valence electrons. The Morgan fingerprint density at radius 3 is 2.17 bits per heavy atom. The third-order valence-electron chi connectivity index (χ3n) is 3.99. The van der Waals surface area contributed by atoms with E-state index in [0.717, 1.165) is 17.4 Å². The van der Waals surface area contributed by atoms with Crippen LogP contribution < -0.4 is 5.46 Å². The fourth-order valence-corrected chi connectivity index (χ4v) is 2.08. The zero-order chi connectivity index (χ0) is 13.6. The zero-order valence-electron chi connectivity index (χ0n) is 11.7. The van der Waals surface area contributed by atoms with Crippen LogP contribution in [0.25, 0.3) is 0 Å². The van der Waals surface area contributed by atoms with Crippen molar-refractivity contribution in [3.05, 3.63) is 29.6 Å². The van der Waals surface area contributed by atoms with Crippen LogP contribution in [-0.2, 0) is 15.7 Å². The van der Waals surface area contributed by atoms with Gasteiger partial charge < -0.3 is 9.31 Å². The van der Waals surface area contributed by atoms with Gasteiger partial charge in [-0.05, 0) is 57.3 Å². The normalized spacial score (nSPS) is 21.3. The summed E-state index contributed by atoms with van der Waals surface area (Å²) >= 11 is 0. The topological polar surface area (TPSA) is 18.5 Å². The van der Waals surface area contributed by atoms with Crippen LogP contribution in [0.4, 0.5) is 4.39 Å². The molecule has 1 aliphatic rings. The fraction of sp³-hybridized carbons (Fsp3) is 0.571. The van der Waals surface area contributed by atoms with Crippen molar-refractivity contribution in [2.75, 3.05) is 0 Å². The van der Waals surface area contributed by atoms with Gasteiger partial charge in [0.05, 0.1) is 11.2 Å². The average molecular weight is 250 g/mol. The van der Waals surface area contributed by atoms with Gasteiger partial charge in [-0.25, -0.2) is 4.39 Å². The molecule has 0 N–H and O–H groups in total. The Morgan fingerprint density at radius 2 is 1.67 bits per heavy atom. The molecule has 1 fully saturated rings. The van der Waals surface area contributed by atoms with Gasteiger partial charge in [0.15, 0.2) is 0 Å². The molecule has 0 spiro atoms. The van der Waals surface area contributed by atoms with Crippen molar-refractivity contribution in [1.29, 1.82) is 0 Å². The Kier molecular flexibility index (Phi) is 3.28. The molecule has 0 saturated carbocycles. The van der Waals surface area contributed by atoms with E-state index in [4.69, 9.17) is 9.31 Å². The quantitative estimate of drug-likeness (QED) is 0.751. The van der Waals surface area contributed by atoms with Crippen LogP contribution in [0.1, 0.15) is 40.2 Å². The van der Waals surface area contributed by atoms with Gasteiger partial charge in [-0.3, -0.25) is 0 Å². The lowest BCUT2D eigenvalue weighted by Gasteiger charge is -2.32. The maximum absolute atomic E-state index is 13.2. The minimum Gasteiger partial charge on any atom is -0.399 e. The third-order valence-corrected chi connectivity index (χ3v) is 3.99. The van der Waals surface area contributed by atoms with Crippen LogP contribution in [0.5, 0.6) is 0 Å². The molecule has 0 aromatic heterocycles. The van der Waals surface area contributed by atoms with E-state index in [-0.39, 0.29) is 17.0 Å². The number of hydrogen-bond acceptors (Lipinski definition) is 2. The highest BCUT2D eigenvalue weighted by Gasteiger charge is 2.52. The second kappa shape index (κ2) is 4.35. The molecule has 18 heavy (non-hydrogen) atoms. The standard InChI is InChI=1S/C14H20BFO2/c1-6-10-9-11(16)7-8-12(10)15-17-13(2,3)14(4,5)18-15/h7-9H,6H2,1-5H3. The molecule has 1 aromatic carbocycles. The zero-order valence-corrected chi connectivity index (χ0v) is 11.7. The summed E-state index contributed by atoms with van der Waals surface area (Å²) in [5, 5.41) is 0. The van der Waals surface area contributed by atoms with Crippen molar-refractivity contribution >= 4 is 12.6 Å². The smallest absolute Gasteiger partial charge is 0.399 e. The molecule has 0 aliphatic carbocycles. The van der Waals surface area contributed by atoms with Gasteiger partial charge in [0.2, 0.25) is 0 Å². The first-order chi connectivity index (χ1) is 8.27. The minimum absolute atomic E-state index is 0.216. The number of halogens is 1. The highest BCUT2D eigenvalue weighted by Crippen LogP contribution is 2.36. The van der Waals surface area contributed by atoms with Crippen molar-refractivity contribution in [2.24, 2.45) is 0 Å². The molecule has 2 nitrogen and oxygen atoms in total. The minimum atomic E-state index is -0.412. The molecule has 0 amide bonds. The van der Waals surface area contributed by atoms with E-state index in [1.165, 1.54) is 6.07 Å². The van der Waals surface area contributed by atoms with E-state index in [1.807, 2.05) is 34.6 Å². The number of benzene rings is 1. The number of hydrogen-bond donors (Lipinski definition) is 0. The van der Waals surface area contributed by atoms with Crippen LogP contribution in [0.3, 0.4) is 0 Å². The van der Waals surface area contributed by atoms with Crippen LogP contribution in [-0.4, -0.2) is 18.3 Å². The SMILES string of the molecule is CCc1cc(F)ccc1B1OC(C)(C)C(C)(C)O1. The van der Waals surface area contributed by atoms with Crippen molar-refractivity contribution in [1.82, 2.24) is 0 Å². The molecule has 4 heteroatoms. The number of aryl methyl sites for hydroxylation is 1. The van der Waals surface area contributed by atoms with E-state index in [1.54, 1.807) is 12.1 Å². The van der Waals surface area contributed by atoms with Gasteiger partial charge in [-0.1, -0.05) is 13.0 Å². The lowest BCUT2D eigenvalue weighted by Crippen LogP contribution is -2.41. The molecule has 0 unspecified atom stereocenters. The molecule has 1 aromatic rings. The van der Waals surface area contributed by atoms with Crippen LogP contribution in [0.15, 0.2) is 18.2 Å². The number of rotatable bonds is 2. The molecular weight excluding hydrogens is 230 g/mol. The summed E-state index contributed by atoms with van der Waals surface area (Å²) in [4.78, 5) is 0. The second-order valence-corrected chi connectivity index (χ2v) is 5.78. The highest BCUT2D eigenvalue weighted by molar-refractivity contribution is 6.62. The van der Waals surface area contributed by atoms with Gasteiger partial charge in [0, 0.05) is 0 Å². The van der Waals surface area contributed by atoms with Crippen molar-refractivity contribution in [3.8, 4) is 0 Å². The van der Waals surface area contributed by atoms with Gasteiger partial charge in [0.1, 0.15) is 5.82 Å². The lowest BCUT2D eigenvalue weighted by molar-refractivity contribution is 0.00578. The van der Waals surface area contributed by atoms with Crippen LogP contribution in [0, 0.1) is 5.82 Å². The maximum atomic E-state index is 13.2. The van der Waals surface area contributed by atoms with E-state index < -0.39 is 7.12 Å². The molecule has 0 atom stereocenters. The fourth-order valence-electron chi connectivity index (χ4n) is 2.08. The van der Waals surface area contributed by atoms with Crippen LogP contribution >= 0.6 is 0 Å². The largest absolute Gasteiger partial charge is 0.495 e. The first-order valence-corrected chi connectivity index (χ1v) is 6.41. The van der Waals surface area contributed by atoms with Gasteiger partial charge >= 0.3 is 7.12 Å². The van der Waals surface area contributed by atoms with Crippen molar-refractivity contribution in [2.45, 2.75) is 52.2 Å². The Morgan fingerprint density at radius 1 is 1.11 bits per heavy atom. The first kappa shape index (κ1) is 13.6. The summed E-state index contributed by atoms with van der Waals surface area (Å²) in [6.45, 7) is 10.1. The summed E-state index contributed by atoms with van der Waals surface area (Å²) in [7, 11) is -0.412. The Bertz CT molecular complexity index is 441. The Labute approximate surface area is 109 Å². The Hall–Kier alpha value is -0.865. The van der Waals surface area contributed by atoms with Gasteiger partial charge in [-0.15, -0.1) is 0 Å². The predicted octanol–water partition coefficient (Wildman–Crippen LogP) is 2.69. The summed E-state index contributed by atoms with van der Waals surface area (Å²) < 4.78 is 25.2. The monoisotopic (exact) mass is 250 g/mol. The van der Waals surface area contributed by atoms with E-state index >= 15 is 0 Å². The van der Waals surface area contributed by atoms with Gasteiger partial charge in [-0.2, -0.15) is 0 Å². The Balaban J connectivity index is 2.35. The molecule has 1 aliphatic heterocycles.